The Hall–Kier alpha value is 0.370. The summed E-state index contributed by atoms with van der Waals surface area (Å²) in [7, 11) is 0. The van der Waals surface area contributed by atoms with Crippen LogP contribution < -0.4 is 0 Å². The van der Waals surface area contributed by atoms with Crippen LogP contribution in [0.25, 0.3) is 0 Å². The fourth-order valence-corrected chi connectivity index (χ4v) is 5.42. The third-order valence-electron chi connectivity index (χ3n) is 3.08. The summed E-state index contributed by atoms with van der Waals surface area (Å²) in [6.45, 7) is 4.31. The fraction of sp³-hybridized carbons (Fsp3) is 0.917. The normalized spacial score (nSPS) is 19.1. The highest BCUT2D eigenvalue weighted by molar-refractivity contribution is 8.19. The summed E-state index contributed by atoms with van der Waals surface area (Å²) in [5.74, 6) is 2.70. The van der Waals surface area contributed by atoms with E-state index in [0.717, 1.165) is 11.5 Å². The van der Waals surface area contributed by atoms with Gasteiger partial charge >= 0.3 is 0 Å². The van der Waals surface area contributed by atoms with Gasteiger partial charge in [-0.3, -0.25) is 0 Å². The van der Waals surface area contributed by atoms with Crippen molar-refractivity contribution >= 4 is 29.8 Å². The van der Waals surface area contributed by atoms with E-state index < -0.39 is 0 Å². The molecule has 0 heterocycles. The highest BCUT2D eigenvalue weighted by Crippen LogP contribution is 2.47. The number of hydrogen-bond acceptors (Lipinski definition) is 3. The van der Waals surface area contributed by atoms with Crippen molar-refractivity contribution in [2.24, 2.45) is 5.92 Å². The number of rotatable bonds is 6. The summed E-state index contributed by atoms with van der Waals surface area (Å²) in [6, 6.07) is 0. The van der Waals surface area contributed by atoms with Crippen LogP contribution in [-0.4, -0.2) is 21.9 Å². The molecule has 3 heteroatoms. The zero-order valence-corrected chi connectivity index (χ0v) is 11.5. The van der Waals surface area contributed by atoms with Crippen molar-refractivity contribution in [1.29, 1.82) is 0 Å². The molecule has 0 amide bonds. The lowest BCUT2D eigenvalue weighted by Gasteiger charge is -2.37. The summed E-state index contributed by atoms with van der Waals surface area (Å²) in [4.78, 5) is 11.5. The Morgan fingerprint density at radius 1 is 1.13 bits per heavy atom. The van der Waals surface area contributed by atoms with Crippen LogP contribution >= 0.6 is 23.5 Å². The second-order valence-corrected chi connectivity index (χ2v) is 7.38. The van der Waals surface area contributed by atoms with Crippen LogP contribution in [0.4, 0.5) is 0 Å². The maximum atomic E-state index is 11.5. The molecule has 0 atom stereocenters. The van der Waals surface area contributed by atoms with Crippen LogP contribution in [-0.2, 0) is 4.79 Å². The Balaban J connectivity index is 2.70. The van der Waals surface area contributed by atoms with Crippen molar-refractivity contribution < 1.29 is 4.79 Å². The van der Waals surface area contributed by atoms with Gasteiger partial charge in [-0.1, -0.05) is 33.1 Å². The monoisotopic (exact) mass is 246 g/mol. The number of carbonyl (C=O) groups is 1. The molecule has 0 radical (unpaired) electrons. The van der Waals surface area contributed by atoms with Crippen molar-refractivity contribution in [2.75, 3.05) is 11.5 Å². The third kappa shape index (κ3) is 3.42. The minimum Gasteiger partial charge on any atom is -0.301 e. The number of thioether (sulfide) groups is 2. The van der Waals surface area contributed by atoms with E-state index in [1.807, 2.05) is 23.5 Å². The molecule has 1 saturated carbocycles. The average molecular weight is 246 g/mol. The van der Waals surface area contributed by atoms with E-state index in [1.165, 1.54) is 38.4 Å². The van der Waals surface area contributed by atoms with Crippen LogP contribution in [0.2, 0.25) is 0 Å². The quantitative estimate of drug-likeness (QED) is 0.521. The van der Waals surface area contributed by atoms with Crippen LogP contribution in [0.15, 0.2) is 0 Å². The van der Waals surface area contributed by atoms with Gasteiger partial charge in [-0.2, -0.15) is 0 Å². The van der Waals surface area contributed by atoms with E-state index >= 15 is 0 Å². The maximum absolute atomic E-state index is 11.5. The van der Waals surface area contributed by atoms with Crippen LogP contribution in [0.1, 0.15) is 46.0 Å². The fourth-order valence-electron chi connectivity index (χ4n) is 2.40. The molecular weight excluding hydrogens is 224 g/mol. The Kier molecular flexibility index (Phi) is 6.13. The Labute approximate surface area is 102 Å². The molecule has 0 bridgehead atoms. The van der Waals surface area contributed by atoms with E-state index in [4.69, 9.17) is 0 Å². The predicted molar refractivity (Wildman–Crippen MR) is 71.6 cm³/mol. The first kappa shape index (κ1) is 13.4. The Bertz CT molecular complexity index is 182. The van der Waals surface area contributed by atoms with Crippen LogP contribution in [0.5, 0.6) is 0 Å². The van der Waals surface area contributed by atoms with Crippen molar-refractivity contribution in [3.8, 4) is 0 Å². The number of aldehydes is 1. The Morgan fingerprint density at radius 3 is 2.07 bits per heavy atom. The molecule has 88 valence electrons. The lowest BCUT2D eigenvalue weighted by atomic mass is 9.87. The first-order valence-electron chi connectivity index (χ1n) is 6.03. The second kappa shape index (κ2) is 6.85. The summed E-state index contributed by atoms with van der Waals surface area (Å²) >= 11 is 3.70. The summed E-state index contributed by atoms with van der Waals surface area (Å²) in [5.41, 5.74) is 0. The molecule has 1 fully saturated rings. The molecule has 0 aromatic carbocycles. The van der Waals surface area contributed by atoms with Gasteiger partial charge in [0.15, 0.2) is 0 Å². The molecule has 0 saturated heterocycles. The highest BCUT2D eigenvalue weighted by Gasteiger charge is 2.39. The van der Waals surface area contributed by atoms with Crippen LogP contribution in [0.3, 0.4) is 0 Å². The van der Waals surface area contributed by atoms with Gasteiger partial charge < -0.3 is 4.79 Å². The van der Waals surface area contributed by atoms with Gasteiger partial charge in [-0.05, 0) is 30.3 Å². The van der Waals surface area contributed by atoms with Gasteiger partial charge in [0, 0.05) is 0 Å². The first-order valence-corrected chi connectivity index (χ1v) is 8.00. The minimum atomic E-state index is -0.135. The van der Waals surface area contributed by atoms with Gasteiger partial charge in [-0.15, -0.1) is 23.5 Å². The average Bonchev–Trinajstić information content (AvgIpc) is 2.30. The van der Waals surface area contributed by atoms with Crippen molar-refractivity contribution in [3.63, 3.8) is 0 Å². The molecule has 1 aliphatic carbocycles. The topological polar surface area (TPSA) is 17.1 Å². The molecule has 1 nitrogen and oxygen atoms in total. The van der Waals surface area contributed by atoms with Crippen molar-refractivity contribution in [3.05, 3.63) is 0 Å². The molecule has 0 unspecified atom stereocenters. The lowest BCUT2D eigenvalue weighted by molar-refractivity contribution is -0.109. The van der Waals surface area contributed by atoms with E-state index in [9.17, 15) is 4.79 Å². The SMILES string of the molecule is CCSC(C=O)(SCC)C1CCCCC1. The van der Waals surface area contributed by atoms with Crippen molar-refractivity contribution in [2.45, 2.75) is 50.0 Å². The third-order valence-corrected chi connectivity index (χ3v) is 6.12. The zero-order chi connectivity index (χ0) is 11.1. The molecule has 15 heavy (non-hydrogen) atoms. The molecule has 0 N–H and O–H groups in total. The summed E-state index contributed by atoms with van der Waals surface area (Å²) in [5, 5.41) is 0. The maximum Gasteiger partial charge on any atom is 0.146 e. The van der Waals surface area contributed by atoms with E-state index in [-0.39, 0.29) is 4.08 Å². The van der Waals surface area contributed by atoms with Crippen LogP contribution in [0, 0.1) is 5.92 Å². The molecule has 1 aliphatic rings. The molecular formula is C12H22OS2. The number of carbonyl (C=O) groups excluding carboxylic acids is 1. The molecule has 0 aromatic rings. The molecule has 1 rings (SSSR count). The van der Waals surface area contributed by atoms with E-state index in [1.54, 1.807) is 0 Å². The van der Waals surface area contributed by atoms with Gasteiger partial charge in [0.25, 0.3) is 0 Å². The molecule has 0 aromatic heterocycles. The van der Waals surface area contributed by atoms with Crippen molar-refractivity contribution in [1.82, 2.24) is 0 Å². The Morgan fingerprint density at radius 2 is 1.67 bits per heavy atom. The standard InChI is InChI=1S/C12H22OS2/c1-3-14-12(10-13,15-4-2)11-8-6-5-7-9-11/h10-11H,3-9H2,1-2H3. The zero-order valence-electron chi connectivity index (χ0n) is 9.83. The first-order chi connectivity index (χ1) is 7.29. The smallest absolute Gasteiger partial charge is 0.146 e. The molecule has 0 spiro atoms. The van der Waals surface area contributed by atoms with E-state index in [0.29, 0.717) is 5.92 Å². The minimum absolute atomic E-state index is 0.135. The number of hydrogen-bond donors (Lipinski definition) is 0. The van der Waals surface area contributed by atoms with Gasteiger partial charge in [0.1, 0.15) is 10.4 Å². The highest BCUT2D eigenvalue weighted by atomic mass is 32.2. The summed E-state index contributed by atoms with van der Waals surface area (Å²) < 4.78 is -0.135. The largest absolute Gasteiger partial charge is 0.301 e. The van der Waals surface area contributed by atoms with Gasteiger partial charge in [0.2, 0.25) is 0 Å². The van der Waals surface area contributed by atoms with Gasteiger partial charge in [0.05, 0.1) is 0 Å². The van der Waals surface area contributed by atoms with Gasteiger partial charge in [-0.25, -0.2) is 0 Å². The lowest BCUT2D eigenvalue weighted by Crippen LogP contribution is -2.35. The summed E-state index contributed by atoms with van der Waals surface area (Å²) in [6.07, 6.45) is 7.71. The van der Waals surface area contributed by atoms with E-state index in [2.05, 4.69) is 13.8 Å². The second-order valence-electron chi connectivity index (χ2n) is 4.04. The predicted octanol–water partition coefficient (Wildman–Crippen LogP) is 3.97. The molecule has 0 aliphatic heterocycles.